The topological polar surface area (TPSA) is 24.7 Å². The first-order valence-corrected chi connectivity index (χ1v) is 16.9. The summed E-state index contributed by atoms with van der Waals surface area (Å²) in [5, 5.41) is 0. The van der Waals surface area contributed by atoms with Gasteiger partial charge in [0, 0.05) is 9.75 Å². The van der Waals surface area contributed by atoms with Crippen molar-refractivity contribution in [2.75, 3.05) is 0 Å². The number of aliphatic imine (C=N–C) groups is 2. The average Bonchev–Trinajstić information content (AvgIpc) is 3.68. The van der Waals surface area contributed by atoms with Crippen LogP contribution in [0.2, 0.25) is 0 Å². The Morgan fingerprint density at radius 2 is 0.975 bits per heavy atom. The third-order valence-electron chi connectivity index (χ3n) is 7.47. The summed E-state index contributed by atoms with van der Waals surface area (Å²) in [6.45, 7) is 4.20. The van der Waals surface area contributed by atoms with Gasteiger partial charge in [-0.05, 0) is 108 Å². The summed E-state index contributed by atoms with van der Waals surface area (Å²) in [7, 11) is 9.53. The molecule has 2 nitrogen and oxygen atoms in total. The van der Waals surface area contributed by atoms with E-state index in [4.69, 9.17) is 30.2 Å². The first kappa shape index (κ1) is 27.2. The van der Waals surface area contributed by atoms with Gasteiger partial charge in [-0.2, -0.15) is 0 Å². The molecule has 7 rings (SSSR count). The van der Waals surface area contributed by atoms with Crippen LogP contribution in [0, 0.1) is 0 Å². The molecule has 0 aliphatic heterocycles. The Hall–Kier alpha value is -2.98. The predicted octanol–water partition coefficient (Wildman–Crippen LogP) is 10.5. The molecule has 0 bridgehead atoms. The van der Waals surface area contributed by atoms with Crippen molar-refractivity contribution < 1.29 is 13.1 Å². The fourth-order valence-electron chi connectivity index (χ4n) is 5.63. The molecule has 2 aliphatic carbocycles. The second-order valence-electron chi connectivity index (χ2n) is 9.96. The van der Waals surface area contributed by atoms with Gasteiger partial charge in [0.25, 0.3) is 0 Å². The van der Waals surface area contributed by atoms with Crippen molar-refractivity contribution in [3.63, 3.8) is 0 Å². The number of halogens is 2. The molecular formula is C34H26Cl2FeN2S. The molecule has 0 atom stereocenters. The van der Waals surface area contributed by atoms with Crippen LogP contribution < -0.4 is 0 Å². The Kier molecular flexibility index (Phi) is 8.07. The molecule has 0 N–H and O–H groups in total. The molecule has 0 unspecified atom stereocenters. The van der Waals surface area contributed by atoms with Crippen molar-refractivity contribution in [3.05, 3.63) is 129 Å². The molecule has 5 aromatic rings. The molecule has 0 amide bonds. The van der Waals surface area contributed by atoms with Crippen molar-refractivity contribution in [3.8, 4) is 22.3 Å². The molecule has 2 aliphatic rings. The Morgan fingerprint density at radius 3 is 1.43 bits per heavy atom. The van der Waals surface area contributed by atoms with Crippen LogP contribution >= 0.6 is 31.5 Å². The number of hydrogen-bond donors (Lipinski definition) is 0. The number of thiophene rings is 1. The third kappa shape index (κ3) is 5.48. The molecule has 0 fully saturated rings. The maximum atomic E-state index is 4.97. The number of rotatable bonds is 4. The van der Waals surface area contributed by atoms with Crippen molar-refractivity contribution >= 4 is 54.3 Å². The van der Waals surface area contributed by atoms with Crippen molar-refractivity contribution in [1.82, 2.24) is 0 Å². The van der Waals surface area contributed by atoms with Gasteiger partial charge in [-0.25, -0.2) is 0 Å². The molecule has 200 valence electrons. The Morgan fingerprint density at radius 1 is 0.575 bits per heavy atom. The van der Waals surface area contributed by atoms with Crippen LogP contribution in [0.25, 0.3) is 22.3 Å². The second kappa shape index (κ2) is 11.9. The average molecular weight is 621 g/mol. The Labute approximate surface area is 254 Å². The zero-order valence-corrected chi connectivity index (χ0v) is 25.5. The van der Waals surface area contributed by atoms with Crippen molar-refractivity contribution in [2.24, 2.45) is 9.98 Å². The summed E-state index contributed by atoms with van der Waals surface area (Å²) in [4.78, 5) is 12.3. The summed E-state index contributed by atoms with van der Waals surface area (Å²) in [5.41, 5.74) is 15.0. The molecule has 0 spiro atoms. The summed E-state index contributed by atoms with van der Waals surface area (Å²) in [6.07, 6.45) is 1.98. The van der Waals surface area contributed by atoms with E-state index in [2.05, 4.69) is 111 Å². The molecule has 4 aromatic carbocycles. The molecule has 0 saturated heterocycles. The van der Waals surface area contributed by atoms with Gasteiger partial charge in [0.15, 0.2) is 0 Å². The van der Waals surface area contributed by atoms with Gasteiger partial charge < -0.3 is 0 Å². The van der Waals surface area contributed by atoms with Crippen molar-refractivity contribution in [1.29, 1.82) is 0 Å². The summed E-state index contributed by atoms with van der Waals surface area (Å²) < 4.78 is 0. The Bertz CT molecular complexity index is 1660. The number of benzene rings is 4. The first-order chi connectivity index (χ1) is 19.5. The zero-order valence-electron chi connectivity index (χ0n) is 22.1. The molecule has 1 aromatic heterocycles. The van der Waals surface area contributed by atoms with E-state index in [9.17, 15) is 0 Å². The second-order valence-corrected chi connectivity index (χ2v) is 12.9. The monoisotopic (exact) mass is 620 g/mol. The van der Waals surface area contributed by atoms with E-state index >= 15 is 0 Å². The predicted molar refractivity (Wildman–Crippen MR) is 169 cm³/mol. The third-order valence-corrected chi connectivity index (χ3v) is 8.77. The van der Waals surface area contributed by atoms with Gasteiger partial charge in [0.1, 0.15) is 0 Å². The van der Waals surface area contributed by atoms with Gasteiger partial charge >= 0.3 is 33.3 Å². The van der Waals surface area contributed by atoms with Crippen LogP contribution in [0.5, 0.6) is 0 Å². The molecule has 6 heteroatoms. The van der Waals surface area contributed by atoms with E-state index in [1.807, 2.05) is 0 Å². The zero-order chi connectivity index (χ0) is 27.6. The molecular weight excluding hydrogens is 595 g/mol. The quantitative estimate of drug-likeness (QED) is 0.138. The maximum absolute atomic E-state index is 4.97. The Balaban J connectivity index is 0.000000925. The van der Waals surface area contributed by atoms with Crippen LogP contribution in [-0.2, 0) is 26.0 Å². The van der Waals surface area contributed by atoms with Crippen molar-refractivity contribution in [2.45, 2.75) is 26.7 Å². The number of fused-ring (bicyclic) bond motifs is 6. The fraction of sp³-hybridized carbons (Fsp3) is 0.118. The van der Waals surface area contributed by atoms with Gasteiger partial charge in [-0.15, -0.1) is 11.3 Å². The van der Waals surface area contributed by atoms with E-state index in [-0.39, 0.29) is 13.1 Å². The fourth-order valence-corrected chi connectivity index (χ4v) is 6.52. The first-order valence-electron chi connectivity index (χ1n) is 13.0. The summed E-state index contributed by atoms with van der Waals surface area (Å²) >= 11 is 1.95. The SMILES string of the molecule is CC(=Nc1ccc2c(c1)Cc1ccccc1-2)c1ccc(C(C)=Nc2ccc3c(c2)Cc2ccccc2-3)s1.[Cl][Fe][Cl]. The summed E-state index contributed by atoms with van der Waals surface area (Å²) in [6, 6.07) is 34.9. The molecule has 1 heterocycles. The van der Waals surface area contributed by atoms with Crippen LogP contribution in [0.15, 0.2) is 107 Å². The normalized spacial score (nSPS) is 13.3. The molecule has 0 radical (unpaired) electrons. The minimum absolute atomic E-state index is 0.194. The minimum atomic E-state index is 0.194. The van der Waals surface area contributed by atoms with Crippen LogP contribution in [0.4, 0.5) is 11.4 Å². The standard InChI is InChI=1S/C34H26N2S.2ClH.Fe/c1-21(35-27-11-13-31-25(19-27)17-23-7-3-5-9-29(23)31)33-15-16-34(37-33)22(2)36-28-12-14-32-26(20-28)18-24-8-4-6-10-30(24)32;;;/h3-16,19-20H,17-18H2,1-2H3;2*1H;/q;;;+2/p-2. The van der Waals surface area contributed by atoms with Crippen LogP contribution in [0.1, 0.15) is 45.9 Å². The molecule has 0 saturated carbocycles. The van der Waals surface area contributed by atoms with Gasteiger partial charge in [-0.1, -0.05) is 60.7 Å². The van der Waals surface area contributed by atoms with E-state index < -0.39 is 0 Å². The van der Waals surface area contributed by atoms with Gasteiger partial charge in [0.05, 0.1) is 22.8 Å². The van der Waals surface area contributed by atoms with Crippen LogP contribution in [0.3, 0.4) is 0 Å². The summed E-state index contributed by atoms with van der Waals surface area (Å²) in [5.74, 6) is 0. The molecule has 40 heavy (non-hydrogen) atoms. The van der Waals surface area contributed by atoms with E-state index in [0.717, 1.165) is 35.6 Å². The van der Waals surface area contributed by atoms with Crippen LogP contribution in [-0.4, -0.2) is 11.4 Å². The van der Waals surface area contributed by atoms with E-state index in [0.29, 0.717) is 0 Å². The van der Waals surface area contributed by atoms with Gasteiger partial charge in [0.2, 0.25) is 0 Å². The number of hydrogen-bond acceptors (Lipinski definition) is 3. The van der Waals surface area contributed by atoms with E-state index in [1.54, 1.807) is 11.3 Å². The van der Waals surface area contributed by atoms with E-state index in [1.165, 1.54) is 54.3 Å². The van der Waals surface area contributed by atoms with Gasteiger partial charge in [-0.3, -0.25) is 9.98 Å². The number of nitrogens with zero attached hydrogens (tertiary/aromatic N) is 2.